The molecule has 0 bridgehead atoms. The predicted molar refractivity (Wildman–Crippen MR) is 96.9 cm³/mol. The summed E-state index contributed by atoms with van der Waals surface area (Å²) in [6.45, 7) is -0.0964. The Kier molecular flexibility index (Phi) is 5.22. The molecule has 3 aromatic rings. The second-order valence-corrected chi connectivity index (χ2v) is 5.43. The molecule has 0 atom stereocenters. The van der Waals surface area contributed by atoms with E-state index < -0.39 is 0 Å². The van der Waals surface area contributed by atoms with E-state index >= 15 is 0 Å². The summed E-state index contributed by atoms with van der Waals surface area (Å²) in [5.74, 6) is 0.260. The van der Waals surface area contributed by atoms with Crippen molar-refractivity contribution in [2.45, 2.75) is 0 Å². The first kappa shape index (κ1) is 16.5. The van der Waals surface area contributed by atoms with Crippen molar-refractivity contribution in [3.05, 3.63) is 96.1 Å². The van der Waals surface area contributed by atoms with E-state index in [-0.39, 0.29) is 18.3 Å². The Morgan fingerprint density at radius 1 is 0.760 bits per heavy atom. The van der Waals surface area contributed by atoms with Gasteiger partial charge in [0.25, 0.3) is 5.91 Å². The van der Waals surface area contributed by atoms with Gasteiger partial charge in [0, 0.05) is 16.8 Å². The van der Waals surface area contributed by atoms with Crippen LogP contribution in [0.3, 0.4) is 0 Å². The van der Waals surface area contributed by atoms with E-state index in [9.17, 15) is 9.59 Å². The van der Waals surface area contributed by atoms with Crippen molar-refractivity contribution < 1.29 is 14.3 Å². The first-order valence-electron chi connectivity index (χ1n) is 7.90. The van der Waals surface area contributed by atoms with E-state index in [1.54, 1.807) is 48.5 Å². The van der Waals surface area contributed by atoms with Gasteiger partial charge in [-0.2, -0.15) is 0 Å². The molecule has 0 saturated carbocycles. The van der Waals surface area contributed by atoms with Crippen LogP contribution in [0.25, 0.3) is 0 Å². The molecule has 4 nitrogen and oxygen atoms in total. The number of hydrogen-bond acceptors (Lipinski definition) is 3. The van der Waals surface area contributed by atoms with Gasteiger partial charge in [0.1, 0.15) is 5.75 Å². The first-order chi connectivity index (χ1) is 12.2. The molecule has 1 amide bonds. The van der Waals surface area contributed by atoms with Crippen LogP contribution in [0.5, 0.6) is 5.75 Å². The van der Waals surface area contributed by atoms with Crippen LogP contribution in [0.15, 0.2) is 84.9 Å². The van der Waals surface area contributed by atoms with E-state index in [0.717, 1.165) is 0 Å². The minimum absolute atomic E-state index is 0.0859. The number of hydrogen-bond donors (Lipinski definition) is 1. The van der Waals surface area contributed by atoms with Crippen LogP contribution < -0.4 is 10.1 Å². The lowest BCUT2D eigenvalue weighted by molar-refractivity contribution is -0.118. The molecule has 4 heteroatoms. The highest BCUT2D eigenvalue weighted by atomic mass is 16.5. The molecule has 124 valence electrons. The Morgan fingerprint density at radius 2 is 1.40 bits per heavy atom. The van der Waals surface area contributed by atoms with Crippen LogP contribution in [0.1, 0.15) is 15.9 Å². The van der Waals surface area contributed by atoms with E-state index in [1.807, 2.05) is 36.4 Å². The standard InChI is InChI=1S/C21H17NO3/c23-20(15-25-19-12-5-2-6-13-19)22-18-11-7-10-17(14-18)21(24)16-8-3-1-4-9-16/h1-14H,15H2,(H,22,23). The summed E-state index contributed by atoms with van der Waals surface area (Å²) >= 11 is 0. The summed E-state index contributed by atoms with van der Waals surface area (Å²) < 4.78 is 5.41. The molecule has 0 aromatic heterocycles. The number of amides is 1. The number of anilines is 1. The normalized spacial score (nSPS) is 10.1. The van der Waals surface area contributed by atoms with E-state index in [4.69, 9.17) is 4.74 Å². The SMILES string of the molecule is O=C(COc1ccccc1)Nc1cccc(C(=O)c2ccccc2)c1. The highest BCUT2D eigenvalue weighted by Gasteiger charge is 2.10. The summed E-state index contributed by atoms with van der Waals surface area (Å²) in [6.07, 6.45) is 0. The van der Waals surface area contributed by atoms with Gasteiger partial charge in [-0.05, 0) is 24.3 Å². The minimum atomic E-state index is -0.284. The number of benzene rings is 3. The van der Waals surface area contributed by atoms with Crippen molar-refractivity contribution in [3.8, 4) is 5.75 Å². The van der Waals surface area contributed by atoms with Crippen LogP contribution in [0, 0.1) is 0 Å². The zero-order chi connectivity index (χ0) is 17.5. The molecule has 0 radical (unpaired) electrons. The monoisotopic (exact) mass is 331 g/mol. The second-order valence-electron chi connectivity index (χ2n) is 5.43. The Hall–Kier alpha value is -3.40. The number of carbonyl (C=O) groups excluding carboxylic acids is 2. The molecule has 0 spiro atoms. The average molecular weight is 331 g/mol. The Bertz CT molecular complexity index is 861. The number of ketones is 1. The lowest BCUT2D eigenvalue weighted by atomic mass is 10.0. The molecular formula is C21H17NO3. The average Bonchev–Trinajstić information content (AvgIpc) is 2.67. The number of carbonyl (C=O) groups is 2. The first-order valence-corrected chi connectivity index (χ1v) is 7.90. The van der Waals surface area contributed by atoms with Gasteiger partial charge in [0.05, 0.1) is 0 Å². The fraction of sp³-hybridized carbons (Fsp3) is 0.0476. The van der Waals surface area contributed by atoms with Crippen molar-refractivity contribution in [2.75, 3.05) is 11.9 Å². The Morgan fingerprint density at radius 3 is 2.12 bits per heavy atom. The molecule has 0 aliphatic rings. The molecule has 0 fully saturated rings. The molecule has 0 aliphatic heterocycles. The maximum absolute atomic E-state index is 12.5. The largest absolute Gasteiger partial charge is 0.484 e. The van der Waals surface area contributed by atoms with Gasteiger partial charge >= 0.3 is 0 Å². The molecule has 0 heterocycles. The van der Waals surface area contributed by atoms with Crippen molar-refractivity contribution in [1.82, 2.24) is 0 Å². The third-order valence-electron chi connectivity index (χ3n) is 3.56. The summed E-state index contributed by atoms with van der Waals surface area (Å²) in [5, 5.41) is 2.74. The van der Waals surface area contributed by atoms with Gasteiger partial charge in [-0.25, -0.2) is 0 Å². The Labute approximate surface area is 146 Å². The van der Waals surface area contributed by atoms with Gasteiger partial charge in [-0.15, -0.1) is 0 Å². The fourth-order valence-corrected chi connectivity index (χ4v) is 2.36. The predicted octanol–water partition coefficient (Wildman–Crippen LogP) is 3.94. The molecule has 3 rings (SSSR count). The van der Waals surface area contributed by atoms with Gasteiger partial charge in [-0.3, -0.25) is 9.59 Å². The lowest BCUT2D eigenvalue weighted by Gasteiger charge is -2.08. The summed E-state index contributed by atoms with van der Waals surface area (Å²) in [4.78, 5) is 24.5. The quantitative estimate of drug-likeness (QED) is 0.696. The number of para-hydroxylation sites is 1. The van der Waals surface area contributed by atoms with Crippen LogP contribution in [-0.2, 0) is 4.79 Å². The molecule has 0 unspecified atom stereocenters. The topological polar surface area (TPSA) is 55.4 Å². The van der Waals surface area contributed by atoms with Crippen LogP contribution in [-0.4, -0.2) is 18.3 Å². The van der Waals surface area contributed by atoms with Crippen molar-refractivity contribution in [3.63, 3.8) is 0 Å². The third kappa shape index (κ3) is 4.54. The lowest BCUT2D eigenvalue weighted by Crippen LogP contribution is -2.20. The van der Waals surface area contributed by atoms with Crippen LogP contribution >= 0.6 is 0 Å². The van der Waals surface area contributed by atoms with Gasteiger partial charge < -0.3 is 10.1 Å². The van der Waals surface area contributed by atoms with Gasteiger partial charge in [0.2, 0.25) is 0 Å². The van der Waals surface area contributed by atoms with E-state index in [1.165, 1.54) is 0 Å². The van der Waals surface area contributed by atoms with Crippen molar-refractivity contribution >= 4 is 17.4 Å². The molecule has 1 N–H and O–H groups in total. The van der Waals surface area contributed by atoms with Crippen LogP contribution in [0.2, 0.25) is 0 Å². The minimum Gasteiger partial charge on any atom is -0.484 e. The summed E-state index contributed by atoms with van der Waals surface area (Å²) in [7, 11) is 0. The smallest absolute Gasteiger partial charge is 0.262 e. The van der Waals surface area contributed by atoms with E-state index in [2.05, 4.69) is 5.32 Å². The summed E-state index contributed by atoms with van der Waals surface area (Å²) in [6, 6.07) is 25.0. The molecule has 0 aliphatic carbocycles. The molecular weight excluding hydrogens is 314 g/mol. The number of rotatable bonds is 6. The highest BCUT2D eigenvalue weighted by Crippen LogP contribution is 2.15. The Balaban J connectivity index is 1.63. The third-order valence-corrected chi connectivity index (χ3v) is 3.56. The van der Waals surface area contributed by atoms with Gasteiger partial charge in [0.15, 0.2) is 12.4 Å². The van der Waals surface area contributed by atoms with Gasteiger partial charge in [-0.1, -0.05) is 60.7 Å². The highest BCUT2D eigenvalue weighted by molar-refractivity contribution is 6.09. The van der Waals surface area contributed by atoms with Crippen molar-refractivity contribution in [2.24, 2.45) is 0 Å². The van der Waals surface area contributed by atoms with Crippen molar-refractivity contribution in [1.29, 1.82) is 0 Å². The maximum Gasteiger partial charge on any atom is 0.262 e. The number of ether oxygens (including phenoxy) is 1. The molecule has 25 heavy (non-hydrogen) atoms. The second kappa shape index (κ2) is 7.93. The molecule has 0 saturated heterocycles. The zero-order valence-electron chi connectivity index (χ0n) is 13.5. The van der Waals surface area contributed by atoms with E-state index in [0.29, 0.717) is 22.6 Å². The summed E-state index contributed by atoms with van der Waals surface area (Å²) in [5.41, 5.74) is 1.69. The van der Waals surface area contributed by atoms with Crippen LogP contribution in [0.4, 0.5) is 5.69 Å². The zero-order valence-corrected chi connectivity index (χ0v) is 13.5. The fourth-order valence-electron chi connectivity index (χ4n) is 2.36. The molecule has 3 aromatic carbocycles. The number of nitrogens with one attached hydrogen (secondary N) is 1. The maximum atomic E-state index is 12.5.